The molecule has 0 bridgehead atoms. The van der Waals surface area contributed by atoms with Crippen LogP contribution in [0, 0.1) is 0 Å². The first kappa shape index (κ1) is 17.6. The molecule has 6 heteroatoms. The van der Waals surface area contributed by atoms with Crippen LogP contribution in [0.2, 0.25) is 0 Å². The van der Waals surface area contributed by atoms with Crippen LogP contribution >= 0.6 is 23.5 Å². The molecule has 2 heterocycles. The Bertz CT molecular complexity index is 493. The van der Waals surface area contributed by atoms with Gasteiger partial charge in [-0.05, 0) is 30.7 Å². The molecule has 2 saturated heterocycles. The maximum atomic E-state index is 10.3. The van der Waals surface area contributed by atoms with Crippen molar-refractivity contribution >= 4 is 23.5 Å². The third-order valence-electron chi connectivity index (χ3n) is 4.26. The van der Waals surface area contributed by atoms with Gasteiger partial charge in [-0.2, -0.15) is 0 Å². The highest BCUT2D eigenvalue weighted by molar-refractivity contribution is 8.18. The average molecular weight is 357 g/mol. The molecule has 0 unspecified atom stereocenters. The van der Waals surface area contributed by atoms with Crippen molar-refractivity contribution in [1.29, 1.82) is 0 Å². The fourth-order valence-electron chi connectivity index (χ4n) is 3.24. The first-order valence-electron chi connectivity index (χ1n) is 8.10. The molecule has 1 spiro atoms. The van der Waals surface area contributed by atoms with Gasteiger partial charge in [-0.3, -0.25) is 0 Å². The van der Waals surface area contributed by atoms with E-state index < -0.39 is 11.9 Å². The number of benzene rings is 1. The summed E-state index contributed by atoms with van der Waals surface area (Å²) in [5.74, 6) is 0.456. The second kappa shape index (κ2) is 7.76. The van der Waals surface area contributed by atoms with Crippen LogP contribution in [-0.2, 0) is 9.47 Å². The van der Waals surface area contributed by atoms with Gasteiger partial charge in [0.25, 0.3) is 0 Å². The van der Waals surface area contributed by atoms with E-state index in [1.54, 1.807) is 11.8 Å². The molecule has 0 aromatic heterocycles. The van der Waals surface area contributed by atoms with Crippen molar-refractivity contribution in [1.82, 2.24) is 0 Å². The number of hydrogen-bond donors (Lipinski definition) is 2. The molecule has 1 aromatic rings. The molecule has 2 fully saturated rings. The second-order valence-electron chi connectivity index (χ2n) is 6.08. The molecule has 4 nitrogen and oxygen atoms in total. The number of hydrogen-bond acceptors (Lipinski definition) is 6. The van der Waals surface area contributed by atoms with E-state index in [1.807, 2.05) is 30.0 Å². The van der Waals surface area contributed by atoms with Crippen LogP contribution in [0.4, 0.5) is 0 Å². The smallest absolute Gasteiger partial charge is 0.171 e. The lowest BCUT2D eigenvalue weighted by Gasteiger charge is -2.44. The molecule has 2 atom stereocenters. The lowest BCUT2D eigenvalue weighted by atomic mass is 10.0. The highest BCUT2D eigenvalue weighted by atomic mass is 32.2. The van der Waals surface area contributed by atoms with Crippen molar-refractivity contribution in [2.24, 2.45) is 0 Å². The zero-order chi connectivity index (χ0) is 16.2. The number of rotatable bonds is 6. The zero-order valence-corrected chi connectivity index (χ0v) is 14.8. The van der Waals surface area contributed by atoms with Crippen LogP contribution in [-0.4, -0.2) is 51.8 Å². The van der Waals surface area contributed by atoms with Gasteiger partial charge in [0.05, 0.1) is 23.4 Å². The first-order chi connectivity index (χ1) is 11.2. The molecule has 2 N–H and O–H groups in total. The SMILES string of the molecule is OCC[C@@H](O)C[C@@]1(Sc2ccccc2)CC2(CCS1)OCCO2. The van der Waals surface area contributed by atoms with Gasteiger partial charge in [0.1, 0.15) is 0 Å². The summed E-state index contributed by atoms with van der Waals surface area (Å²) in [6, 6.07) is 10.3. The fraction of sp³-hybridized carbons (Fsp3) is 0.647. The van der Waals surface area contributed by atoms with Gasteiger partial charge in [0.2, 0.25) is 0 Å². The minimum absolute atomic E-state index is 0.00998. The van der Waals surface area contributed by atoms with Crippen molar-refractivity contribution in [2.45, 2.75) is 46.5 Å². The molecule has 128 valence electrons. The Hall–Kier alpha value is -0.240. The molecule has 1 aromatic carbocycles. The number of aliphatic hydroxyl groups is 2. The van der Waals surface area contributed by atoms with Gasteiger partial charge < -0.3 is 19.7 Å². The average Bonchev–Trinajstić information content (AvgIpc) is 2.95. The first-order valence-corrected chi connectivity index (χ1v) is 9.90. The summed E-state index contributed by atoms with van der Waals surface area (Å²) < 4.78 is 11.7. The summed E-state index contributed by atoms with van der Waals surface area (Å²) in [4.78, 5) is 1.19. The van der Waals surface area contributed by atoms with E-state index in [0.29, 0.717) is 26.1 Å². The maximum Gasteiger partial charge on any atom is 0.171 e. The summed E-state index contributed by atoms with van der Waals surface area (Å²) in [6.07, 6.45) is 2.16. The number of aliphatic hydroxyl groups excluding tert-OH is 2. The Labute approximate surface area is 145 Å². The third kappa shape index (κ3) is 4.44. The van der Waals surface area contributed by atoms with Gasteiger partial charge in [0.15, 0.2) is 5.79 Å². The fourth-order valence-corrected chi connectivity index (χ4v) is 6.72. The predicted molar refractivity (Wildman–Crippen MR) is 93.7 cm³/mol. The van der Waals surface area contributed by atoms with E-state index in [0.717, 1.165) is 18.6 Å². The van der Waals surface area contributed by atoms with Crippen molar-refractivity contribution in [3.63, 3.8) is 0 Å². The lowest BCUT2D eigenvalue weighted by molar-refractivity contribution is -0.167. The molecule has 0 saturated carbocycles. The van der Waals surface area contributed by atoms with Crippen LogP contribution < -0.4 is 0 Å². The molecule has 0 amide bonds. The van der Waals surface area contributed by atoms with Gasteiger partial charge >= 0.3 is 0 Å². The van der Waals surface area contributed by atoms with Crippen molar-refractivity contribution in [3.05, 3.63) is 30.3 Å². The quantitative estimate of drug-likeness (QED) is 0.817. The van der Waals surface area contributed by atoms with E-state index in [2.05, 4.69) is 12.1 Å². The molecule has 0 radical (unpaired) electrons. The van der Waals surface area contributed by atoms with E-state index in [4.69, 9.17) is 14.6 Å². The van der Waals surface area contributed by atoms with Crippen LogP contribution in [0.1, 0.15) is 25.7 Å². The minimum atomic E-state index is -0.514. The van der Waals surface area contributed by atoms with E-state index in [-0.39, 0.29) is 10.7 Å². The highest BCUT2D eigenvalue weighted by Crippen LogP contribution is 2.55. The van der Waals surface area contributed by atoms with Crippen molar-refractivity contribution in [3.8, 4) is 0 Å². The van der Waals surface area contributed by atoms with Gasteiger partial charge in [0, 0.05) is 24.3 Å². The van der Waals surface area contributed by atoms with Crippen LogP contribution in [0.15, 0.2) is 35.2 Å². The summed E-state index contributed by atoms with van der Waals surface area (Å²) in [6.45, 7) is 1.31. The Morgan fingerprint density at radius 1 is 1.22 bits per heavy atom. The topological polar surface area (TPSA) is 58.9 Å². The van der Waals surface area contributed by atoms with Crippen molar-refractivity contribution < 1.29 is 19.7 Å². The van der Waals surface area contributed by atoms with Crippen LogP contribution in [0.5, 0.6) is 0 Å². The van der Waals surface area contributed by atoms with Crippen LogP contribution in [0.3, 0.4) is 0 Å². The summed E-state index contributed by atoms with van der Waals surface area (Å²) in [5.41, 5.74) is 0. The molecule has 0 aliphatic carbocycles. The van der Waals surface area contributed by atoms with Gasteiger partial charge in [-0.25, -0.2) is 0 Å². The second-order valence-corrected chi connectivity index (χ2v) is 9.27. The molecule has 23 heavy (non-hydrogen) atoms. The normalized spacial score (nSPS) is 28.1. The molecule has 2 aliphatic heterocycles. The molecule has 2 aliphatic rings. The number of thioether (sulfide) groups is 2. The zero-order valence-electron chi connectivity index (χ0n) is 13.1. The van der Waals surface area contributed by atoms with Crippen molar-refractivity contribution in [2.75, 3.05) is 25.6 Å². The standard InChI is InChI=1S/C17H24O4S2/c18-8-6-14(19)12-17(23-15-4-2-1-3-5-15)13-16(7-11-22-17)20-9-10-21-16/h1-5,14,18-19H,6-13H2/t14-,17-/m1/s1. The highest BCUT2D eigenvalue weighted by Gasteiger charge is 2.50. The number of ether oxygens (including phenoxy) is 2. The Balaban J connectivity index is 1.80. The van der Waals surface area contributed by atoms with E-state index in [9.17, 15) is 5.11 Å². The summed E-state index contributed by atoms with van der Waals surface area (Å²) in [5, 5.41) is 19.4. The Morgan fingerprint density at radius 2 is 1.96 bits per heavy atom. The molecule has 3 rings (SSSR count). The predicted octanol–water partition coefficient (Wildman–Crippen LogP) is 2.88. The van der Waals surface area contributed by atoms with E-state index >= 15 is 0 Å². The largest absolute Gasteiger partial charge is 0.396 e. The summed E-state index contributed by atoms with van der Waals surface area (Å²) >= 11 is 3.67. The Kier molecular flexibility index (Phi) is 5.93. The van der Waals surface area contributed by atoms with Crippen LogP contribution in [0.25, 0.3) is 0 Å². The monoisotopic (exact) mass is 356 g/mol. The third-order valence-corrected chi connectivity index (χ3v) is 7.30. The van der Waals surface area contributed by atoms with E-state index in [1.165, 1.54) is 4.90 Å². The maximum absolute atomic E-state index is 10.3. The lowest BCUT2D eigenvalue weighted by Crippen LogP contribution is -2.45. The minimum Gasteiger partial charge on any atom is -0.396 e. The van der Waals surface area contributed by atoms with Gasteiger partial charge in [-0.1, -0.05) is 18.2 Å². The molecular weight excluding hydrogens is 332 g/mol. The molecular formula is C17H24O4S2. The Morgan fingerprint density at radius 3 is 2.65 bits per heavy atom. The van der Waals surface area contributed by atoms with Gasteiger partial charge in [-0.15, -0.1) is 23.5 Å². The summed E-state index contributed by atoms with van der Waals surface area (Å²) in [7, 11) is 0.